The van der Waals surface area contributed by atoms with Crippen molar-refractivity contribution in [3.05, 3.63) is 34.2 Å². The topological polar surface area (TPSA) is 71.3 Å². The lowest BCUT2D eigenvalue weighted by atomic mass is 10.0. The van der Waals surface area contributed by atoms with E-state index in [1.54, 1.807) is 19.3 Å². The lowest BCUT2D eigenvalue weighted by molar-refractivity contribution is 0.0449. The number of hydrogen-bond donors (Lipinski definition) is 2. The van der Waals surface area contributed by atoms with Gasteiger partial charge in [-0.25, -0.2) is 0 Å². The molecule has 2 N–H and O–H groups in total. The van der Waals surface area contributed by atoms with Crippen LogP contribution in [0.1, 0.15) is 36.0 Å². The molecule has 0 unspecified atom stereocenters. The molecule has 0 saturated heterocycles. The molecule has 0 aliphatic heterocycles. The zero-order valence-corrected chi connectivity index (χ0v) is 10.5. The molecule has 0 spiro atoms. The first-order valence-electron chi connectivity index (χ1n) is 6.17. The predicted octanol–water partition coefficient (Wildman–Crippen LogP) is 0.420. The molecule has 1 aromatic heterocycles. The number of hydrogen-bond acceptors (Lipinski definition) is 3. The van der Waals surface area contributed by atoms with Gasteiger partial charge >= 0.3 is 0 Å². The molecule has 1 fully saturated rings. The Bertz CT molecular complexity index is 501. The van der Waals surface area contributed by atoms with Crippen molar-refractivity contribution in [1.82, 2.24) is 9.88 Å². The number of pyridine rings is 1. The van der Waals surface area contributed by atoms with Crippen LogP contribution in [0.15, 0.2) is 23.1 Å². The van der Waals surface area contributed by atoms with E-state index in [-0.39, 0.29) is 18.0 Å². The Hall–Kier alpha value is -1.62. The van der Waals surface area contributed by atoms with Crippen molar-refractivity contribution in [2.45, 2.75) is 31.3 Å². The Labute approximate surface area is 105 Å². The monoisotopic (exact) mass is 250 g/mol. The van der Waals surface area contributed by atoms with Gasteiger partial charge in [-0.05, 0) is 18.9 Å². The van der Waals surface area contributed by atoms with E-state index < -0.39 is 5.60 Å². The Morgan fingerprint density at radius 2 is 2.17 bits per heavy atom. The number of aromatic nitrogens is 1. The number of nitrogens with one attached hydrogen (secondary N) is 1. The van der Waals surface area contributed by atoms with Crippen LogP contribution in [-0.2, 0) is 7.05 Å². The molecular weight excluding hydrogens is 232 g/mol. The summed E-state index contributed by atoms with van der Waals surface area (Å²) in [5, 5.41) is 12.8. The average molecular weight is 250 g/mol. The van der Waals surface area contributed by atoms with Gasteiger partial charge in [0, 0.05) is 31.4 Å². The molecule has 5 heteroatoms. The van der Waals surface area contributed by atoms with Crippen LogP contribution in [0.4, 0.5) is 0 Å². The lowest BCUT2D eigenvalue weighted by Gasteiger charge is -2.22. The van der Waals surface area contributed by atoms with Crippen LogP contribution in [-0.4, -0.2) is 27.7 Å². The van der Waals surface area contributed by atoms with E-state index in [9.17, 15) is 14.7 Å². The van der Waals surface area contributed by atoms with Crippen LogP contribution in [0.3, 0.4) is 0 Å². The zero-order valence-electron chi connectivity index (χ0n) is 10.5. The smallest absolute Gasteiger partial charge is 0.251 e. The zero-order chi connectivity index (χ0) is 13.2. The minimum atomic E-state index is -0.768. The van der Waals surface area contributed by atoms with Gasteiger partial charge in [-0.3, -0.25) is 9.59 Å². The van der Waals surface area contributed by atoms with Crippen LogP contribution < -0.4 is 10.9 Å². The summed E-state index contributed by atoms with van der Waals surface area (Å²) in [6, 6.07) is 2.89. The highest BCUT2D eigenvalue weighted by molar-refractivity contribution is 5.94. The first-order valence-corrected chi connectivity index (χ1v) is 6.17. The Balaban J connectivity index is 1.99. The molecule has 1 amide bonds. The van der Waals surface area contributed by atoms with Gasteiger partial charge in [0.15, 0.2) is 0 Å². The van der Waals surface area contributed by atoms with Gasteiger partial charge in [0.05, 0.1) is 5.60 Å². The van der Waals surface area contributed by atoms with E-state index in [2.05, 4.69) is 5.32 Å². The van der Waals surface area contributed by atoms with Gasteiger partial charge in [-0.15, -0.1) is 0 Å². The number of carbonyl (C=O) groups is 1. The highest BCUT2D eigenvalue weighted by Crippen LogP contribution is 2.28. The molecule has 1 heterocycles. The molecule has 2 rings (SSSR count). The van der Waals surface area contributed by atoms with Crippen LogP contribution in [0.25, 0.3) is 0 Å². The third-order valence-electron chi connectivity index (χ3n) is 3.48. The van der Waals surface area contributed by atoms with E-state index in [4.69, 9.17) is 0 Å². The molecule has 5 nitrogen and oxygen atoms in total. The molecule has 1 aromatic rings. The second kappa shape index (κ2) is 4.94. The minimum absolute atomic E-state index is 0.220. The molecule has 1 aliphatic rings. The quantitative estimate of drug-likeness (QED) is 0.816. The SMILES string of the molecule is Cn1ccc(C(=O)NCC2(O)CCCC2)cc1=O. The summed E-state index contributed by atoms with van der Waals surface area (Å²) in [5.41, 5.74) is -0.656. The standard InChI is InChI=1S/C13H18N2O3/c1-15-7-4-10(8-11(15)16)12(17)14-9-13(18)5-2-3-6-13/h4,7-8,18H,2-3,5-6,9H2,1H3,(H,14,17). The first kappa shape index (κ1) is 12.8. The maximum atomic E-state index is 11.8. The summed E-state index contributed by atoms with van der Waals surface area (Å²) in [4.78, 5) is 23.2. The van der Waals surface area contributed by atoms with E-state index in [1.165, 1.54) is 10.6 Å². The Morgan fingerprint density at radius 3 is 2.78 bits per heavy atom. The number of aliphatic hydroxyl groups is 1. The normalized spacial score (nSPS) is 17.7. The molecule has 1 aliphatic carbocycles. The van der Waals surface area contributed by atoms with E-state index in [0.29, 0.717) is 5.56 Å². The van der Waals surface area contributed by atoms with Crippen molar-refractivity contribution >= 4 is 5.91 Å². The van der Waals surface area contributed by atoms with Gasteiger partial charge in [-0.1, -0.05) is 12.8 Å². The number of rotatable bonds is 3. The summed E-state index contributed by atoms with van der Waals surface area (Å²) in [6.45, 7) is 0.251. The second-order valence-corrected chi connectivity index (χ2v) is 4.98. The number of carbonyl (C=O) groups excluding carboxylic acids is 1. The number of aryl methyl sites for hydroxylation is 1. The molecule has 18 heavy (non-hydrogen) atoms. The lowest BCUT2D eigenvalue weighted by Crippen LogP contribution is -2.41. The summed E-state index contributed by atoms with van der Waals surface area (Å²) < 4.78 is 1.40. The van der Waals surface area contributed by atoms with Crippen molar-refractivity contribution < 1.29 is 9.90 Å². The van der Waals surface area contributed by atoms with Crippen LogP contribution in [0, 0.1) is 0 Å². The van der Waals surface area contributed by atoms with Crippen LogP contribution >= 0.6 is 0 Å². The van der Waals surface area contributed by atoms with Crippen molar-refractivity contribution in [3.8, 4) is 0 Å². The van der Waals surface area contributed by atoms with Crippen molar-refractivity contribution in [2.24, 2.45) is 7.05 Å². The molecule has 1 saturated carbocycles. The average Bonchev–Trinajstić information content (AvgIpc) is 2.77. The first-order chi connectivity index (χ1) is 8.50. The van der Waals surface area contributed by atoms with Gasteiger partial charge in [0.2, 0.25) is 0 Å². The van der Waals surface area contributed by atoms with Gasteiger partial charge < -0.3 is 15.0 Å². The summed E-state index contributed by atoms with van der Waals surface area (Å²) in [7, 11) is 1.63. The van der Waals surface area contributed by atoms with Gasteiger partial charge in [0.1, 0.15) is 0 Å². The predicted molar refractivity (Wildman–Crippen MR) is 67.4 cm³/mol. The van der Waals surface area contributed by atoms with Gasteiger partial charge in [0.25, 0.3) is 11.5 Å². The number of amides is 1. The number of nitrogens with zero attached hydrogens (tertiary/aromatic N) is 1. The van der Waals surface area contributed by atoms with E-state index in [1.807, 2.05) is 0 Å². The Kier molecular flexibility index (Phi) is 3.52. The van der Waals surface area contributed by atoms with E-state index >= 15 is 0 Å². The maximum absolute atomic E-state index is 11.8. The Morgan fingerprint density at radius 1 is 1.50 bits per heavy atom. The summed E-state index contributed by atoms with van der Waals surface area (Å²) in [5.74, 6) is -0.312. The highest BCUT2D eigenvalue weighted by atomic mass is 16.3. The molecular formula is C13H18N2O3. The molecule has 0 atom stereocenters. The van der Waals surface area contributed by atoms with Crippen molar-refractivity contribution in [1.29, 1.82) is 0 Å². The maximum Gasteiger partial charge on any atom is 0.251 e. The highest BCUT2D eigenvalue weighted by Gasteiger charge is 2.31. The fourth-order valence-electron chi connectivity index (χ4n) is 2.25. The van der Waals surface area contributed by atoms with E-state index in [0.717, 1.165) is 25.7 Å². The molecule has 0 radical (unpaired) electrons. The van der Waals surface area contributed by atoms with Crippen molar-refractivity contribution in [2.75, 3.05) is 6.54 Å². The largest absolute Gasteiger partial charge is 0.388 e. The molecule has 98 valence electrons. The summed E-state index contributed by atoms with van der Waals surface area (Å²) >= 11 is 0. The molecule has 0 bridgehead atoms. The molecule has 0 aromatic carbocycles. The second-order valence-electron chi connectivity index (χ2n) is 4.98. The third-order valence-corrected chi connectivity index (χ3v) is 3.48. The van der Waals surface area contributed by atoms with Crippen molar-refractivity contribution in [3.63, 3.8) is 0 Å². The third kappa shape index (κ3) is 2.79. The van der Waals surface area contributed by atoms with Crippen LogP contribution in [0.5, 0.6) is 0 Å². The fraction of sp³-hybridized carbons (Fsp3) is 0.538. The summed E-state index contributed by atoms with van der Waals surface area (Å²) in [6.07, 6.45) is 5.01. The fourth-order valence-corrected chi connectivity index (χ4v) is 2.25. The minimum Gasteiger partial charge on any atom is -0.388 e. The van der Waals surface area contributed by atoms with Gasteiger partial charge in [-0.2, -0.15) is 0 Å². The van der Waals surface area contributed by atoms with Crippen LogP contribution in [0.2, 0.25) is 0 Å².